The van der Waals surface area contributed by atoms with Gasteiger partial charge in [0, 0.05) is 44.2 Å². The second-order valence-electron chi connectivity index (χ2n) is 4.43. The number of Topliss-reactive ketones (excluding diaryl/α,β-unsaturated/α-hetero) is 1. The fourth-order valence-corrected chi connectivity index (χ4v) is 3.49. The van der Waals surface area contributed by atoms with Gasteiger partial charge in [0.1, 0.15) is 10.7 Å². The molecule has 0 N–H and O–H groups in total. The standard InChI is InChI=1S/C14H20IO.Y/c1-9-6-13(7-11(3)12(4)16)14(15-5)8-10(9)2;/h6,8,11H,7H2,1-5H3;/q+1;. The number of halogens is 1. The van der Waals surface area contributed by atoms with Gasteiger partial charge in [-0.05, 0) is 44.4 Å². The van der Waals surface area contributed by atoms with Crippen LogP contribution in [0.2, 0.25) is 0 Å². The zero-order valence-electron chi connectivity index (χ0n) is 11.3. The molecule has 3 heteroatoms. The molecule has 1 atom stereocenters. The molecule has 1 radical (unpaired) electrons. The largest absolute Gasteiger partial charge is 0.309 e. The van der Waals surface area contributed by atoms with E-state index in [1.54, 1.807) is 6.92 Å². The van der Waals surface area contributed by atoms with Gasteiger partial charge < -0.3 is 0 Å². The summed E-state index contributed by atoms with van der Waals surface area (Å²) in [5.41, 5.74) is 4.10. The van der Waals surface area contributed by atoms with Crippen LogP contribution < -0.4 is 21.2 Å². The molecule has 0 aliphatic rings. The molecule has 0 spiro atoms. The summed E-state index contributed by atoms with van der Waals surface area (Å²) < 4.78 is 1.50. The summed E-state index contributed by atoms with van der Waals surface area (Å²) in [6.07, 6.45) is 0.902. The molecule has 1 aromatic rings. The van der Waals surface area contributed by atoms with E-state index in [9.17, 15) is 4.79 Å². The van der Waals surface area contributed by atoms with Gasteiger partial charge in [-0.1, -0.05) is 13.0 Å². The van der Waals surface area contributed by atoms with Crippen molar-refractivity contribution in [3.05, 3.63) is 32.4 Å². The molecule has 0 saturated carbocycles. The van der Waals surface area contributed by atoms with E-state index in [-0.39, 0.29) is 59.8 Å². The Morgan fingerprint density at radius 1 is 1.29 bits per heavy atom. The van der Waals surface area contributed by atoms with Crippen molar-refractivity contribution in [3.63, 3.8) is 0 Å². The fraction of sp³-hybridized carbons (Fsp3) is 0.500. The first-order valence-corrected chi connectivity index (χ1v) is 8.79. The molecule has 0 saturated heterocycles. The Morgan fingerprint density at radius 2 is 1.82 bits per heavy atom. The second-order valence-corrected chi connectivity index (χ2v) is 6.67. The van der Waals surface area contributed by atoms with Crippen molar-refractivity contribution in [3.8, 4) is 0 Å². The second kappa shape index (κ2) is 8.01. The van der Waals surface area contributed by atoms with Gasteiger partial charge in [0.15, 0.2) is 3.57 Å². The number of hydrogen-bond donors (Lipinski definition) is 0. The number of aryl methyl sites for hydroxylation is 2. The molecule has 0 heterocycles. The van der Waals surface area contributed by atoms with E-state index in [0.717, 1.165) is 6.42 Å². The summed E-state index contributed by atoms with van der Waals surface area (Å²) >= 11 is 0.0950. The average molecular weight is 420 g/mol. The number of ketones is 1. The van der Waals surface area contributed by atoms with E-state index in [2.05, 4.69) is 30.9 Å². The molecular weight excluding hydrogens is 400 g/mol. The third-order valence-electron chi connectivity index (χ3n) is 3.09. The van der Waals surface area contributed by atoms with E-state index >= 15 is 0 Å². The van der Waals surface area contributed by atoms with Crippen molar-refractivity contribution in [2.75, 3.05) is 4.93 Å². The van der Waals surface area contributed by atoms with Crippen LogP contribution in [-0.4, -0.2) is 10.7 Å². The zero-order valence-corrected chi connectivity index (χ0v) is 16.3. The smallest absolute Gasteiger partial charge is 0.300 e. The quantitative estimate of drug-likeness (QED) is 0.494. The van der Waals surface area contributed by atoms with Gasteiger partial charge in [-0.3, -0.25) is 4.79 Å². The minimum Gasteiger partial charge on any atom is -0.300 e. The number of carbonyl (C=O) groups is 1. The molecule has 0 bridgehead atoms. The van der Waals surface area contributed by atoms with Crippen molar-refractivity contribution in [1.82, 2.24) is 0 Å². The van der Waals surface area contributed by atoms with Crippen LogP contribution >= 0.6 is 0 Å². The zero-order chi connectivity index (χ0) is 12.3. The molecule has 0 aliphatic carbocycles. The minimum absolute atomic E-state index is 0. The van der Waals surface area contributed by atoms with Crippen molar-refractivity contribution in [1.29, 1.82) is 0 Å². The third kappa shape index (κ3) is 5.08. The van der Waals surface area contributed by atoms with Crippen molar-refractivity contribution in [2.45, 2.75) is 34.1 Å². The van der Waals surface area contributed by atoms with Crippen molar-refractivity contribution in [2.24, 2.45) is 5.92 Å². The van der Waals surface area contributed by atoms with E-state index < -0.39 is 0 Å². The van der Waals surface area contributed by atoms with Gasteiger partial charge in [0.25, 0.3) is 0 Å². The van der Waals surface area contributed by atoms with E-state index in [1.807, 2.05) is 6.92 Å². The number of alkyl halides is 1. The van der Waals surface area contributed by atoms with Crippen molar-refractivity contribution < 1.29 is 58.7 Å². The Labute approximate surface area is 140 Å². The Hall–Kier alpha value is 0.724. The minimum atomic E-state index is 0. The maximum atomic E-state index is 11.3. The predicted octanol–water partition coefficient (Wildman–Crippen LogP) is -0.0431. The SMILES string of the molecule is C[I+]c1cc(C)c(C)cc1CC(C)C(C)=O.[Y]. The molecular formula is C14H20IOY+. The molecule has 0 fully saturated rings. The van der Waals surface area contributed by atoms with E-state index in [4.69, 9.17) is 0 Å². The Kier molecular flexibility index (Phi) is 8.35. The summed E-state index contributed by atoms with van der Waals surface area (Å²) in [7, 11) is 0. The summed E-state index contributed by atoms with van der Waals surface area (Å²) in [6.45, 7) is 8.02. The normalized spacial score (nSPS) is 11.8. The summed E-state index contributed by atoms with van der Waals surface area (Å²) in [5.74, 6) is 0.440. The first-order valence-electron chi connectivity index (χ1n) is 5.55. The number of carbonyl (C=O) groups excluding carboxylic acids is 1. The van der Waals surface area contributed by atoms with Gasteiger partial charge in [-0.2, -0.15) is 0 Å². The molecule has 17 heavy (non-hydrogen) atoms. The van der Waals surface area contributed by atoms with Crippen LogP contribution in [0.25, 0.3) is 0 Å². The molecule has 1 nitrogen and oxygen atoms in total. The van der Waals surface area contributed by atoms with E-state index in [0.29, 0.717) is 5.78 Å². The van der Waals surface area contributed by atoms with Gasteiger partial charge in [0.2, 0.25) is 0 Å². The third-order valence-corrected chi connectivity index (χ3v) is 5.25. The molecule has 1 rings (SSSR count). The van der Waals surface area contributed by atoms with Gasteiger partial charge in [-0.25, -0.2) is 0 Å². The summed E-state index contributed by atoms with van der Waals surface area (Å²) in [6, 6.07) is 4.58. The molecule has 0 aliphatic heterocycles. The Bertz CT molecular complexity index is 401. The van der Waals surface area contributed by atoms with Crippen LogP contribution in [0, 0.1) is 23.3 Å². The van der Waals surface area contributed by atoms with Gasteiger partial charge in [0.05, 0.1) is 0 Å². The van der Waals surface area contributed by atoms with Crippen LogP contribution in [0.15, 0.2) is 12.1 Å². The predicted molar refractivity (Wildman–Crippen MR) is 64.1 cm³/mol. The number of benzene rings is 1. The van der Waals surface area contributed by atoms with Crippen LogP contribution in [0.3, 0.4) is 0 Å². The maximum Gasteiger partial charge on any atom is 0.309 e. The average Bonchev–Trinajstić information content (AvgIpc) is 2.22. The topological polar surface area (TPSA) is 17.1 Å². The van der Waals surface area contributed by atoms with E-state index in [1.165, 1.54) is 20.3 Å². The first-order chi connectivity index (χ1) is 7.45. The van der Waals surface area contributed by atoms with Crippen LogP contribution in [0.1, 0.15) is 30.5 Å². The monoisotopic (exact) mass is 420 g/mol. The maximum absolute atomic E-state index is 11.3. The Morgan fingerprint density at radius 3 is 2.29 bits per heavy atom. The first kappa shape index (κ1) is 17.7. The number of hydrogen-bond acceptors (Lipinski definition) is 1. The van der Waals surface area contributed by atoms with Crippen LogP contribution in [-0.2, 0) is 43.9 Å². The van der Waals surface area contributed by atoms with Gasteiger partial charge in [-0.15, -0.1) is 0 Å². The fourth-order valence-electron chi connectivity index (χ4n) is 1.65. The molecule has 0 aromatic heterocycles. The van der Waals surface area contributed by atoms with Crippen molar-refractivity contribution >= 4 is 5.78 Å². The van der Waals surface area contributed by atoms with Gasteiger partial charge >= 0.3 is 21.2 Å². The number of rotatable bonds is 4. The molecule has 91 valence electrons. The van der Waals surface area contributed by atoms with Crippen LogP contribution in [0.5, 0.6) is 0 Å². The molecule has 1 aromatic carbocycles. The molecule has 0 amide bonds. The molecule has 1 unspecified atom stereocenters. The Balaban J connectivity index is 0.00000256. The summed E-state index contributed by atoms with van der Waals surface area (Å²) in [4.78, 5) is 13.6. The van der Waals surface area contributed by atoms with Crippen LogP contribution in [0.4, 0.5) is 0 Å². The summed E-state index contributed by atoms with van der Waals surface area (Å²) in [5, 5.41) is 0.